The van der Waals surface area contributed by atoms with Gasteiger partial charge in [0.2, 0.25) is 0 Å². The van der Waals surface area contributed by atoms with E-state index < -0.39 is 16.7 Å². The molecule has 0 aromatic rings. The van der Waals surface area contributed by atoms with Crippen LogP contribution in [0.25, 0.3) is 0 Å². The van der Waals surface area contributed by atoms with Crippen molar-refractivity contribution < 1.29 is 14.6 Å². The molecule has 2 N–H and O–H groups in total. The van der Waals surface area contributed by atoms with E-state index in [1.807, 2.05) is 34.6 Å². The van der Waals surface area contributed by atoms with Crippen LogP contribution in [-0.4, -0.2) is 34.4 Å². The van der Waals surface area contributed by atoms with E-state index in [-0.39, 0.29) is 12.5 Å². The highest BCUT2D eigenvalue weighted by atomic mass is 16.6. The Morgan fingerprint density at radius 3 is 1.88 bits per heavy atom. The van der Waals surface area contributed by atoms with E-state index in [1.54, 1.807) is 13.8 Å². The molecule has 0 radical (unpaired) electrons. The lowest BCUT2D eigenvalue weighted by Crippen LogP contribution is -2.57. The number of nitrogens with one attached hydrogen (secondary N) is 1. The van der Waals surface area contributed by atoms with Crippen LogP contribution in [-0.2, 0) is 9.53 Å². The molecule has 0 bridgehead atoms. The highest BCUT2D eigenvalue weighted by Crippen LogP contribution is 2.20. The summed E-state index contributed by atoms with van der Waals surface area (Å²) in [6, 6.07) is 0. The summed E-state index contributed by atoms with van der Waals surface area (Å²) < 4.78 is 5.16. The summed E-state index contributed by atoms with van der Waals surface area (Å²) in [5.41, 5.74) is -1.93. The molecule has 96 valence electrons. The Kier molecular flexibility index (Phi) is 4.54. The summed E-state index contributed by atoms with van der Waals surface area (Å²) in [6.07, 6.45) is 0. The molecular weight excluding hydrogens is 206 g/mol. The number of hydrogen-bond acceptors (Lipinski definition) is 4. The summed E-state index contributed by atoms with van der Waals surface area (Å²) in [5, 5.41) is 12.9. The predicted octanol–water partition coefficient (Wildman–Crippen LogP) is 1.47. The molecule has 0 atom stereocenters. The minimum absolute atomic E-state index is 0.0915. The van der Waals surface area contributed by atoms with Gasteiger partial charge in [-0.25, -0.2) is 0 Å². The molecule has 0 aliphatic heterocycles. The zero-order valence-corrected chi connectivity index (χ0v) is 11.5. The Morgan fingerprint density at radius 2 is 1.56 bits per heavy atom. The van der Waals surface area contributed by atoms with E-state index in [2.05, 4.69) is 5.32 Å². The van der Waals surface area contributed by atoms with Crippen molar-refractivity contribution in [2.45, 2.75) is 65.2 Å². The van der Waals surface area contributed by atoms with Gasteiger partial charge in [0, 0.05) is 5.54 Å². The minimum atomic E-state index is -0.908. The third kappa shape index (κ3) is 5.47. The van der Waals surface area contributed by atoms with Gasteiger partial charge in [-0.05, 0) is 48.5 Å². The van der Waals surface area contributed by atoms with Crippen LogP contribution in [0.5, 0.6) is 0 Å². The van der Waals surface area contributed by atoms with Crippen molar-refractivity contribution in [2.24, 2.45) is 0 Å². The lowest BCUT2D eigenvalue weighted by atomic mass is 9.86. The largest absolute Gasteiger partial charge is 0.459 e. The standard InChI is InChI=1S/C12H25NO3/c1-10(2,3)16-9(14)8-13-11(4,5)12(6,7)15/h13,15H,8H2,1-7H3. The third-order valence-corrected chi connectivity index (χ3v) is 2.62. The van der Waals surface area contributed by atoms with Crippen LogP contribution in [0.15, 0.2) is 0 Å². The molecule has 0 unspecified atom stereocenters. The monoisotopic (exact) mass is 231 g/mol. The summed E-state index contributed by atoms with van der Waals surface area (Å²) in [7, 11) is 0. The van der Waals surface area contributed by atoms with Gasteiger partial charge in [-0.1, -0.05) is 0 Å². The van der Waals surface area contributed by atoms with Crippen LogP contribution < -0.4 is 5.32 Å². The van der Waals surface area contributed by atoms with Gasteiger partial charge in [0.25, 0.3) is 0 Å². The van der Waals surface area contributed by atoms with Crippen LogP contribution >= 0.6 is 0 Å². The lowest BCUT2D eigenvalue weighted by Gasteiger charge is -2.38. The second-order valence-corrected chi connectivity index (χ2v) is 6.12. The van der Waals surface area contributed by atoms with E-state index in [9.17, 15) is 9.90 Å². The van der Waals surface area contributed by atoms with E-state index in [0.717, 1.165) is 0 Å². The normalized spacial score (nSPS) is 13.8. The molecular formula is C12H25NO3. The van der Waals surface area contributed by atoms with Crippen molar-refractivity contribution in [2.75, 3.05) is 6.54 Å². The molecule has 0 heterocycles. The van der Waals surface area contributed by atoms with Gasteiger partial charge in [0.1, 0.15) is 5.60 Å². The van der Waals surface area contributed by atoms with Gasteiger partial charge >= 0.3 is 5.97 Å². The molecule has 0 amide bonds. The maximum absolute atomic E-state index is 11.5. The second-order valence-electron chi connectivity index (χ2n) is 6.12. The first-order valence-corrected chi connectivity index (χ1v) is 5.54. The number of carbonyl (C=O) groups excluding carboxylic acids is 1. The van der Waals surface area contributed by atoms with E-state index in [1.165, 1.54) is 0 Å². The second kappa shape index (κ2) is 4.72. The highest BCUT2D eigenvalue weighted by molar-refractivity contribution is 5.72. The summed E-state index contributed by atoms with van der Waals surface area (Å²) in [5.74, 6) is -0.315. The molecule has 0 fully saturated rings. The maximum Gasteiger partial charge on any atom is 0.320 e. The zero-order valence-electron chi connectivity index (χ0n) is 11.5. The van der Waals surface area contributed by atoms with Crippen molar-refractivity contribution in [1.82, 2.24) is 5.32 Å². The molecule has 0 rings (SSSR count). The average Bonchev–Trinajstić information content (AvgIpc) is 1.95. The smallest absolute Gasteiger partial charge is 0.320 e. The first-order valence-electron chi connectivity index (χ1n) is 5.54. The molecule has 0 aliphatic carbocycles. The fourth-order valence-corrected chi connectivity index (χ4v) is 0.887. The molecule has 0 saturated heterocycles. The third-order valence-electron chi connectivity index (χ3n) is 2.62. The van der Waals surface area contributed by atoms with Gasteiger partial charge in [-0.2, -0.15) is 0 Å². The van der Waals surface area contributed by atoms with Crippen molar-refractivity contribution in [3.8, 4) is 0 Å². The summed E-state index contributed by atoms with van der Waals surface area (Å²) >= 11 is 0. The lowest BCUT2D eigenvalue weighted by molar-refractivity contribution is -0.154. The molecule has 0 aromatic carbocycles. The Balaban J connectivity index is 4.22. The molecule has 16 heavy (non-hydrogen) atoms. The highest BCUT2D eigenvalue weighted by Gasteiger charge is 2.35. The number of hydrogen-bond donors (Lipinski definition) is 2. The topological polar surface area (TPSA) is 58.6 Å². The molecule has 0 spiro atoms. The molecule has 4 nitrogen and oxygen atoms in total. The average molecular weight is 231 g/mol. The first kappa shape index (κ1) is 15.4. The van der Waals surface area contributed by atoms with Gasteiger partial charge < -0.3 is 9.84 Å². The number of esters is 1. The SMILES string of the molecule is CC(C)(C)OC(=O)CNC(C)(C)C(C)(C)O. The Labute approximate surface area is 98.4 Å². The minimum Gasteiger partial charge on any atom is -0.459 e. The first-order chi connectivity index (χ1) is 6.85. The van der Waals surface area contributed by atoms with Crippen molar-refractivity contribution in [3.05, 3.63) is 0 Å². The van der Waals surface area contributed by atoms with Crippen molar-refractivity contribution in [3.63, 3.8) is 0 Å². The molecule has 0 saturated carbocycles. The van der Waals surface area contributed by atoms with E-state index in [0.29, 0.717) is 0 Å². The van der Waals surface area contributed by atoms with Crippen LogP contribution in [0.2, 0.25) is 0 Å². The predicted molar refractivity (Wildman–Crippen MR) is 64.2 cm³/mol. The Bertz CT molecular complexity index is 246. The van der Waals surface area contributed by atoms with Crippen LogP contribution in [0.3, 0.4) is 0 Å². The van der Waals surface area contributed by atoms with Gasteiger partial charge in [0.15, 0.2) is 0 Å². The van der Waals surface area contributed by atoms with Gasteiger partial charge in [-0.15, -0.1) is 0 Å². The van der Waals surface area contributed by atoms with Crippen LogP contribution in [0, 0.1) is 0 Å². The number of aliphatic hydroxyl groups is 1. The van der Waals surface area contributed by atoms with Gasteiger partial charge in [-0.3, -0.25) is 10.1 Å². The number of ether oxygens (including phenoxy) is 1. The molecule has 0 aromatic heterocycles. The van der Waals surface area contributed by atoms with Crippen LogP contribution in [0.4, 0.5) is 0 Å². The Morgan fingerprint density at radius 1 is 1.12 bits per heavy atom. The Hall–Kier alpha value is -0.610. The zero-order chi connectivity index (χ0) is 13.2. The maximum atomic E-state index is 11.5. The van der Waals surface area contributed by atoms with E-state index in [4.69, 9.17) is 4.74 Å². The van der Waals surface area contributed by atoms with Crippen LogP contribution in [0.1, 0.15) is 48.5 Å². The van der Waals surface area contributed by atoms with Gasteiger partial charge in [0.05, 0.1) is 12.1 Å². The fourth-order valence-electron chi connectivity index (χ4n) is 0.887. The van der Waals surface area contributed by atoms with Crippen molar-refractivity contribution >= 4 is 5.97 Å². The summed E-state index contributed by atoms with van der Waals surface area (Å²) in [6.45, 7) is 12.7. The van der Waals surface area contributed by atoms with Crippen molar-refractivity contribution in [1.29, 1.82) is 0 Å². The number of rotatable bonds is 4. The summed E-state index contributed by atoms with van der Waals surface area (Å²) in [4.78, 5) is 11.5. The quantitative estimate of drug-likeness (QED) is 0.719. The number of carbonyl (C=O) groups is 1. The van der Waals surface area contributed by atoms with E-state index >= 15 is 0 Å². The molecule has 4 heteroatoms. The fraction of sp³-hybridized carbons (Fsp3) is 0.917. The molecule has 0 aliphatic rings.